The summed E-state index contributed by atoms with van der Waals surface area (Å²) in [5.41, 5.74) is 5.07. The number of carbonyl (C=O) groups excluding carboxylic acids is 3. The molecule has 4 rings (SSSR count). The first-order chi connectivity index (χ1) is 19.3. The average Bonchev–Trinajstić information content (AvgIpc) is 3.30. The molecule has 0 unspecified atom stereocenters. The predicted octanol–water partition coefficient (Wildman–Crippen LogP) is 5.23. The van der Waals surface area contributed by atoms with Gasteiger partial charge in [-0.15, -0.1) is 11.3 Å². The average molecular weight is 564 g/mol. The van der Waals surface area contributed by atoms with Crippen LogP contribution in [0.5, 0.6) is 11.5 Å². The molecular weight excluding hydrogens is 530 g/mol. The van der Waals surface area contributed by atoms with Crippen LogP contribution in [-0.4, -0.2) is 43.8 Å². The van der Waals surface area contributed by atoms with Crippen molar-refractivity contribution in [3.8, 4) is 11.5 Å². The van der Waals surface area contributed by atoms with Crippen LogP contribution in [-0.2, 0) is 22.4 Å². The number of amides is 2. The molecule has 9 nitrogen and oxygen atoms in total. The van der Waals surface area contributed by atoms with Crippen LogP contribution >= 0.6 is 11.3 Å². The Morgan fingerprint density at radius 3 is 2.65 bits per heavy atom. The van der Waals surface area contributed by atoms with E-state index in [9.17, 15) is 14.4 Å². The van der Waals surface area contributed by atoms with E-state index < -0.39 is 18.0 Å². The van der Waals surface area contributed by atoms with Gasteiger partial charge in [0.15, 0.2) is 6.10 Å². The number of nitrogens with one attached hydrogen (secondary N) is 2. The number of anilines is 1. The molecule has 0 radical (unpaired) electrons. The van der Waals surface area contributed by atoms with Crippen LogP contribution in [0, 0.1) is 5.92 Å². The first-order valence-electron chi connectivity index (χ1n) is 13.2. The third-order valence-corrected chi connectivity index (χ3v) is 7.67. The number of hydrogen-bond acceptors (Lipinski definition) is 8. The fourth-order valence-corrected chi connectivity index (χ4v) is 5.75. The zero-order valence-corrected chi connectivity index (χ0v) is 23.8. The van der Waals surface area contributed by atoms with Gasteiger partial charge in [0.1, 0.15) is 16.5 Å². The largest absolute Gasteiger partial charge is 0.497 e. The van der Waals surface area contributed by atoms with Gasteiger partial charge in [-0.1, -0.05) is 19.1 Å². The number of esters is 1. The molecule has 2 amide bonds. The second-order valence-electron chi connectivity index (χ2n) is 9.53. The highest BCUT2D eigenvalue weighted by atomic mass is 32.1. The molecule has 0 saturated heterocycles. The van der Waals surface area contributed by atoms with Gasteiger partial charge in [-0.05, 0) is 86.6 Å². The maximum absolute atomic E-state index is 13.1. The molecule has 2 aromatic carbocycles. The van der Waals surface area contributed by atoms with Crippen molar-refractivity contribution in [2.24, 2.45) is 11.0 Å². The maximum Gasteiger partial charge on any atom is 0.341 e. The van der Waals surface area contributed by atoms with Crippen molar-refractivity contribution >= 4 is 40.3 Å². The SMILES string of the molecule is CCOC(=O)c1c(NC(=O)c2ccc(O[C@H](C)C(=O)N/N=C\c3cccc(OC)c3)cc2)sc2c1CC[C@@H](C)C2. The van der Waals surface area contributed by atoms with Crippen molar-refractivity contribution in [1.82, 2.24) is 5.43 Å². The van der Waals surface area contributed by atoms with Gasteiger partial charge in [-0.2, -0.15) is 5.10 Å². The van der Waals surface area contributed by atoms with Crippen LogP contribution in [0.25, 0.3) is 0 Å². The zero-order chi connectivity index (χ0) is 28.6. The van der Waals surface area contributed by atoms with Gasteiger partial charge in [0.05, 0.1) is 25.5 Å². The van der Waals surface area contributed by atoms with Gasteiger partial charge >= 0.3 is 5.97 Å². The monoisotopic (exact) mass is 563 g/mol. The number of methoxy groups -OCH3 is 1. The second kappa shape index (κ2) is 13.3. The summed E-state index contributed by atoms with van der Waals surface area (Å²) in [6.07, 6.45) is 3.36. The Morgan fingerprint density at radius 1 is 1.15 bits per heavy atom. The summed E-state index contributed by atoms with van der Waals surface area (Å²) in [7, 11) is 1.58. The van der Waals surface area contributed by atoms with E-state index in [0.29, 0.717) is 33.5 Å². The number of fused-ring (bicyclic) bond motifs is 1. The van der Waals surface area contributed by atoms with E-state index in [4.69, 9.17) is 14.2 Å². The third kappa shape index (κ3) is 7.06. The van der Waals surface area contributed by atoms with Crippen LogP contribution in [0.1, 0.15) is 63.9 Å². The molecule has 3 aromatic rings. The number of hydrazone groups is 1. The lowest BCUT2D eigenvalue weighted by Crippen LogP contribution is -2.33. The van der Waals surface area contributed by atoms with E-state index in [1.54, 1.807) is 51.3 Å². The Labute approximate surface area is 237 Å². The van der Waals surface area contributed by atoms with Gasteiger partial charge in [0.2, 0.25) is 0 Å². The first-order valence-corrected chi connectivity index (χ1v) is 14.0. The molecule has 2 atom stereocenters. The highest BCUT2D eigenvalue weighted by Gasteiger charge is 2.29. The number of thiophene rings is 1. The minimum Gasteiger partial charge on any atom is -0.497 e. The van der Waals surface area contributed by atoms with E-state index in [0.717, 1.165) is 35.3 Å². The third-order valence-electron chi connectivity index (χ3n) is 6.50. The van der Waals surface area contributed by atoms with E-state index in [-0.39, 0.29) is 12.5 Å². The molecule has 1 aromatic heterocycles. The number of hydrogen-bond donors (Lipinski definition) is 2. The molecular formula is C30H33N3O6S. The summed E-state index contributed by atoms with van der Waals surface area (Å²) in [5.74, 6) is 0.455. The second-order valence-corrected chi connectivity index (χ2v) is 10.6. The van der Waals surface area contributed by atoms with E-state index >= 15 is 0 Å². The van der Waals surface area contributed by atoms with Gasteiger partial charge in [0.25, 0.3) is 11.8 Å². The quantitative estimate of drug-likeness (QED) is 0.198. The van der Waals surface area contributed by atoms with Crippen molar-refractivity contribution in [2.45, 2.75) is 46.1 Å². The summed E-state index contributed by atoms with van der Waals surface area (Å²) in [4.78, 5) is 39.3. The van der Waals surface area contributed by atoms with Crippen LogP contribution in [0.2, 0.25) is 0 Å². The standard InChI is InChI=1S/C30H33N3O6S/c1-5-38-30(36)26-24-14-9-18(2)15-25(24)40-29(26)32-28(35)21-10-12-22(13-11-21)39-19(3)27(34)33-31-17-20-7-6-8-23(16-20)37-4/h6-8,10-13,16-19H,5,9,14-15H2,1-4H3,(H,32,35)(H,33,34)/b31-17-/t18-,19-/m1/s1. The lowest BCUT2D eigenvalue weighted by atomic mass is 9.88. The number of ether oxygens (including phenoxy) is 3. The van der Waals surface area contributed by atoms with Crippen LogP contribution in [0.3, 0.4) is 0 Å². The van der Waals surface area contributed by atoms with Gasteiger partial charge in [-0.3, -0.25) is 9.59 Å². The summed E-state index contributed by atoms with van der Waals surface area (Å²) in [6.45, 7) is 5.82. The predicted molar refractivity (Wildman–Crippen MR) is 155 cm³/mol. The van der Waals surface area contributed by atoms with E-state index in [1.807, 2.05) is 18.2 Å². The maximum atomic E-state index is 13.1. The summed E-state index contributed by atoms with van der Waals surface area (Å²) < 4.78 is 16.2. The molecule has 0 bridgehead atoms. The minimum atomic E-state index is -0.825. The molecule has 0 saturated carbocycles. The van der Waals surface area contributed by atoms with Crippen LogP contribution in [0.4, 0.5) is 5.00 Å². The molecule has 1 aliphatic rings. The molecule has 2 N–H and O–H groups in total. The fourth-order valence-electron chi connectivity index (χ4n) is 4.36. The fraction of sp³-hybridized carbons (Fsp3) is 0.333. The summed E-state index contributed by atoms with van der Waals surface area (Å²) >= 11 is 1.44. The van der Waals surface area contributed by atoms with Crippen molar-refractivity contribution in [3.05, 3.63) is 75.7 Å². The highest BCUT2D eigenvalue weighted by Crippen LogP contribution is 2.40. The minimum absolute atomic E-state index is 0.264. The number of benzene rings is 2. The Balaban J connectivity index is 1.37. The van der Waals surface area contributed by atoms with Crippen molar-refractivity contribution < 1.29 is 28.6 Å². The molecule has 1 heterocycles. The van der Waals surface area contributed by atoms with Gasteiger partial charge < -0.3 is 19.5 Å². The Bertz CT molecular complexity index is 1400. The highest BCUT2D eigenvalue weighted by molar-refractivity contribution is 7.17. The number of carbonyl (C=O) groups is 3. The molecule has 0 spiro atoms. The molecule has 1 aliphatic carbocycles. The van der Waals surface area contributed by atoms with Gasteiger partial charge in [0, 0.05) is 10.4 Å². The lowest BCUT2D eigenvalue weighted by molar-refractivity contribution is -0.127. The number of nitrogens with zero attached hydrogens (tertiary/aromatic N) is 1. The first kappa shape index (κ1) is 28.8. The Kier molecular flexibility index (Phi) is 9.55. The van der Waals surface area contributed by atoms with Crippen molar-refractivity contribution in [2.75, 3.05) is 19.0 Å². The summed E-state index contributed by atoms with van der Waals surface area (Å²) in [6, 6.07) is 13.7. The summed E-state index contributed by atoms with van der Waals surface area (Å²) in [5, 5.41) is 7.40. The van der Waals surface area contributed by atoms with Gasteiger partial charge in [-0.25, -0.2) is 10.2 Å². The van der Waals surface area contributed by atoms with Crippen LogP contribution in [0.15, 0.2) is 53.6 Å². The topological polar surface area (TPSA) is 115 Å². The van der Waals surface area contributed by atoms with E-state index in [2.05, 4.69) is 22.8 Å². The smallest absolute Gasteiger partial charge is 0.341 e. The molecule has 10 heteroatoms. The van der Waals surface area contributed by atoms with Crippen LogP contribution < -0.4 is 20.2 Å². The lowest BCUT2D eigenvalue weighted by Gasteiger charge is -2.18. The normalized spacial score (nSPS) is 15.2. The number of rotatable bonds is 10. The Hall–Kier alpha value is -4.18. The molecule has 0 fully saturated rings. The Morgan fingerprint density at radius 2 is 1.93 bits per heavy atom. The zero-order valence-electron chi connectivity index (χ0n) is 23.0. The molecule has 210 valence electrons. The van der Waals surface area contributed by atoms with E-state index in [1.165, 1.54) is 17.6 Å². The van der Waals surface area contributed by atoms with Crippen molar-refractivity contribution in [3.63, 3.8) is 0 Å². The molecule has 40 heavy (non-hydrogen) atoms. The molecule has 0 aliphatic heterocycles. The van der Waals surface area contributed by atoms with Crippen molar-refractivity contribution in [1.29, 1.82) is 0 Å².